The lowest BCUT2D eigenvalue weighted by molar-refractivity contribution is -0.683. The Bertz CT molecular complexity index is 2300. The summed E-state index contributed by atoms with van der Waals surface area (Å²) in [5.74, 6) is 0.0159. The number of hydrogen-bond donors (Lipinski definition) is 4. The van der Waals surface area contributed by atoms with Crippen LogP contribution in [0.1, 0.15) is 25.7 Å². The van der Waals surface area contributed by atoms with E-state index in [0.29, 0.717) is 13.1 Å². The molecule has 48 heavy (non-hydrogen) atoms. The molecule has 0 saturated carbocycles. The third-order valence-electron chi connectivity index (χ3n) is 9.33. The van der Waals surface area contributed by atoms with Gasteiger partial charge >= 0.3 is 0 Å². The summed E-state index contributed by atoms with van der Waals surface area (Å²) in [4.78, 5) is 32.3. The van der Waals surface area contributed by atoms with Crippen LogP contribution in [0.15, 0.2) is 110 Å². The van der Waals surface area contributed by atoms with E-state index in [9.17, 15) is 9.59 Å². The van der Waals surface area contributed by atoms with Crippen molar-refractivity contribution in [3.8, 4) is 0 Å². The number of carbonyl (C=O) groups is 2. The van der Waals surface area contributed by atoms with Gasteiger partial charge in [0.15, 0.2) is 24.8 Å². The number of nitrogens with zero attached hydrogens (tertiary/aromatic N) is 2. The van der Waals surface area contributed by atoms with Crippen LogP contribution >= 0.6 is 0 Å². The van der Waals surface area contributed by atoms with E-state index in [1.807, 2.05) is 33.7 Å². The van der Waals surface area contributed by atoms with Crippen LogP contribution in [0.5, 0.6) is 0 Å². The normalized spacial score (nSPS) is 11.8. The number of amides is 2. The first-order valence-corrected chi connectivity index (χ1v) is 16.8. The van der Waals surface area contributed by atoms with Gasteiger partial charge in [0, 0.05) is 47.0 Å². The van der Waals surface area contributed by atoms with Crippen LogP contribution < -0.4 is 19.8 Å². The molecule has 0 bridgehead atoms. The second-order valence-electron chi connectivity index (χ2n) is 12.7. The molecule has 4 aromatic carbocycles. The second-order valence-corrected chi connectivity index (χ2v) is 12.7. The summed E-state index contributed by atoms with van der Waals surface area (Å²) in [6, 6.07) is 29.6. The van der Waals surface area contributed by atoms with Crippen molar-refractivity contribution in [2.24, 2.45) is 0 Å². The first-order chi connectivity index (χ1) is 23.6. The van der Waals surface area contributed by atoms with Crippen LogP contribution in [0.2, 0.25) is 0 Å². The highest BCUT2D eigenvalue weighted by atomic mass is 16.2. The Morgan fingerprint density at radius 2 is 0.917 bits per heavy atom. The Balaban J connectivity index is 0.763. The summed E-state index contributed by atoms with van der Waals surface area (Å²) in [5.41, 5.74) is 4.32. The molecule has 0 fully saturated rings. The summed E-state index contributed by atoms with van der Waals surface area (Å²) >= 11 is 0. The Labute approximate surface area is 277 Å². The number of rotatable bonds is 11. The van der Waals surface area contributed by atoms with Crippen molar-refractivity contribution in [2.45, 2.75) is 38.8 Å². The maximum atomic E-state index is 12.7. The first-order valence-electron chi connectivity index (χ1n) is 16.8. The highest BCUT2D eigenvalue weighted by Gasteiger charge is 2.15. The van der Waals surface area contributed by atoms with E-state index in [1.54, 1.807) is 0 Å². The summed E-state index contributed by atoms with van der Waals surface area (Å²) in [7, 11) is 0. The van der Waals surface area contributed by atoms with Gasteiger partial charge in [-0.3, -0.25) is 9.59 Å². The average molecular weight is 635 g/mol. The lowest BCUT2D eigenvalue weighted by Crippen LogP contribution is -2.42. The molecule has 0 aliphatic heterocycles. The van der Waals surface area contributed by atoms with E-state index in [4.69, 9.17) is 0 Å². The fourth-order valence-electron chi connectivity index (χ4n) is 6.85. The van der Waals surface area contributed by atoms with Crippen LogP contribution in [0.4, 0.5) is 0 Å². The number of fused-ring (bicyclic) bond motifs is 8. The molecule has 0 atom stereocenters. The molecule has 0 aliphatic carbocycles. The number of aromatic nitrogens is 4. The van der Waals surface area contributed by atoms with Crippen LogP contribution in [0.25, 0.3) is 65.2 Å². The van der Waals surface area contributed by atoms with Gasteiger partial charge < -0.3 is 20.6 Å². The Morgan fingerprint density at radius 1 is 0.500 bits per heavy atom. The number of unbranched alkanes of at least 4 members (excludes halogenated alkanes) is 3. The zero-order chi connectivity index (χ0) is 32.5. The Kier molecular flexibility index (Phi) is 7.90. The van der Waals surface area contributed by atoms with Crippen LogP contribution in [0.3, 0.4) is 0 Å². The SMILES string of the molecule is O=C(C[n+]1ccc2[nH]c3cc4ccccc4cc3c2c1)NCCCCCCNC(=O)C[n+]1ccc2[nH]c3cc4ccccc4cc3c2c1. The molecule has 0 aliphatic rings. The number of pyridine rings is 2. The third kappa shape index (κ3) is 6.05. The first kappa shape index (κ1) is 29.6. The number of H-pyrrole nitrogens is 2. The number of benzene rings is 4. The minimum atomic E-state index is 0.00794. The fourth-order valence-corrected chi connectivity index (χ4v) is 6.85. The quantitative estimate of drug-likeness (QED) is 0.0989. The second kappa shape index (κ2) is 12.8. The lowest BCUT2D eigenvalue weighted by atomic mass is 10.1. The smallest absolute Gasteiger partial charge is 0.285 e. The monoisotopic (exact) mass is 634 g/mol. The largest absolute Gasteiger partial charge is 0.354 e. The molecule has 8 rings (SSSR count). The maximum Gasteiger partial charge on any atom is 0.285 e. The molecule has 4 N–H and O–H groups in total. The van der Waals surface area contributed by atoms with Crippen molar-refractivity contribution >= 4 is 77.0 Å². The van der Waals surface area contributed by atoms with Crippen LogP contribution in [-0.2, 0) is 22.7 Å². The predicted octanol–water partition coefficient (Wildman–Crippen LogP) is 6.33. The number of carbonyl (C=O) groups excluding carboxylic acids is 2. The maximum absolute atomic E-state index is 12.7. The number of hydrogen-bond acceptors (Lipinski definition) is 2. The standard InChI is InChI=1S/C40H36N6O2/c47-39(25-45-17-13-35-33(23-45)31-19-27-9-3-5-11-29(27)21-37(31)43-35)41-15-7-1-2-8-16-42-40(48)26-46-18-14-36-34(24-46)32-20-28-10-4-6-12-30(28)22-38(32)44-36/h3-6,9-14,17-24H,1-2,7-8,15-16,25-26H2,(H2,41,42,47,48)/p+2. The summed E-state index contributed by atoms with van der Waals surface area (Å²) in [5, 5.41) is 15.5. The van der Waals surface area contributed by atoms with Crippen molar-refractivity contribution in [3.63, 3.8) is 0 Å². The number of aromatic amines is 2. The van der Waals surface area contributed by atoms with Gasteiger partial charge in [-0.05, 0) is 58.7 Å². The lowest BCUT2D eigenvalue weighted by Gasteiger charge is -2.05. The van der Waals surface area contributed by atoms with E-state index < -0.39 is 0 Å². The van der Waals surface area contributed by atoms with E-state index in [0.717, 1.165) is 69.3 Å². The molecule has 2 amide bonds. The van der Waals surface area contributed by atoms with E-state index >= 15 is 0 Å². The Hall–Kier alpha value is -5.76. The molecule has 238 valence electrons. The molecule has 0 saturated heterocycles. The van der Waals surface area contributed by atoms with Crippen molar-refractivity contribution in [3.05, 3.63) is 110 Å². The van der Waals surface area contributed by atoms with Gasteiger partial charge in [-0.25, -0.2) is 0 Å². The highest BCUT2D eigenvalue weighted by molar-refractivity contribution is 6.12. The molecule has 0 spiro atoms. The van der Waals surface area contributed by atoms with Crippen LogP contribution in [0, 0.1) is 0 Å². The van der Waals surface area contributed by atoms with Gasteiger partial charge in [0.1, 0.15) is 0 Å². The van der Waals surface area contributed by atoms with E-state index in [2.05, 4.69) is 106 Å². The van der Waals surface area contributed by atoms with E-state index in [-0.39, 0.29) is 24.9 Å². The van der Waals surface area contributed by atoms with Gasteiger partial charge in [-0.1, -0.05) is 61.4 Å². The average Bonchev–Trinajstić information content (AvgIpc) is 3.63. The summed E-state index contributed by atoms with van der Waals surface area (Å²) in [6.07, 6.45) is 11.8. The Morgan fingerprint density at radius 3 is 1.35 bits per heavy atom. The van der Waals surface area contributed by atoms with E-state index in [1.165, 1.54) is 21.5 Å². The van der Waals surface area contributed by atoms with Gasteiger partial charge in [-0.15, -0.1) is 0 Å². The highest BCUT2D eigenvalue weighted by Crippen LogP contribution is 2.29. The van der Waals surface area contributed by atoms with Gasteiger partial charge in [-0.2, -0.15) is 9.13 Å². The fraction of sp³-hybridized carbons (Fsp3) is 0.200. The minimum Gasteiger partial charge on any atom is -0.354 e. The van der Waals surface area contributed by atoms with Crippen molar-refractivity contribution in [1.29, 1.82) is 0 Å². The molecule has 8 nitrogen and oxygen atoms in total. The zero-order valence-corrected chi connectivity index (χ0v) is 26.8. The van der Waals surface area contributed by atoms with Crippen molar-refractivity contribution < 1.29 is 18.7 Å². The summed E-state index contributed by atoms with van der Waals surface area (Å²) < 4.78 is 3.89. The zero-order valence-electron chi connectivity index (χ0n) is 26.8. The summed E-state index contributed by atoms with van der Waals surface area (Å²) in [6.45, 7) is 1.86. The molecule has 4 heterocycles. The minimum absolute atomic E-state index is 0.00794. The van der Waals surface area contributed by atoms with Crippen molar-refractivity contribution in [2.75, 3.05) is 13.1 Å². The molecule has 0 radical (unpaired) electrons. The predicted molar refractivity (Wildman–Crippen MR) is 191 cm³/mol. The molecule has 8 aromatic rings. The number of nitrogens with one attached hydrogen (secondary N) is 4. The molecule has 0 unspecified atom stereocenters. The van der Waals surface area contributed by atoms with Gasteiger partial charge in [0.2, 0.25) is 13.1 Å². The topological polar surface area (TPSA) is 97.5 Å². The molecule has 8 heteroatoms. The molecular weight excluding hydrogens is 596 g/mol. The van der Waals surface area contributed by atoms with Gasteiger partial charge in [0.25, 0.3) is 11.8 Å². The molecular formula is C40H38N6O2+2. The van der Waals surface area contributed by atoms with Gasteiger partial charge in [0.05, 0.1) is 21.8 Å². The van der Waals surface area contributed by atoms with Crippen LogP contribution in [-0.4, -0.2) is 34.9 Å². The van der Waals surface area contributed by atoms with Crippen molar-refractivity contribution in [1.82, 2.24) is 20.6 Å². The molecule has 4 aromatic heterocycles. The third-order valence-corrected chi connectivity index (χ3v) is 9.33.